The van der Waals surface area contributed by atoms with Crippen LogP contribution >= 0.6 is 0 Å². The fraction of sp³-hybridized carbons (Fsp3) is 0.261. The van der Waals surface area contributed by atoms with Gasteiger partial charge < -0.3 is 31.2 Å². The number of aliphatic hydroxyl groups excluding tert-OH is 2. The van der Waals surface area contributed by atoms with Gasteiger partial charge in [0.05, 0.1) is 35.6 Å². The molecule has 2 aromatic carbocycles. The summed E-state index contributed by atoms with van der Waals surface area (Å²) in [5, 5.41) is 21.6. The molecule has 4 aromatic rings. The molecule has 10 nitrogen and oxygen atoms in total. The van der Waals surface area contributed by atoms with Crippen LogP contribution in [-0.4, -0.2) is 75.4 Å². The molecule has 1 amide bonds. The van der Waals surface area contributed by atoms with Crippen LogP contribution in [0.2, 0.25) is 0 Å². The van der Waals surface area contributed by atoms with E-state index < -0.39 is 0 Å². The smallest absolute Gasteiger partial charge is 0.276 e. The van der Waals surface area contributed by atoms with Crippen molar-refractivity contribution in [2.75, 3.05) is 45.1 Å². The standard InChI is InChI=1S/C23H26N6O4/c24-19-15-13-14(22(32)25-7-8-29(9-11-30)10-12-31)5-6-16(15)26-20(19)21-23(33)28-18-4-2-1-3-17(18)27-21/h1-6,13,26,30-31H,7-12,24H2,(H,25,32)(H,28,33). The maximum Gasteiger partial charge on any atom is 0.276 e. The van der Waals surface area contributed by atoms with E-state index in [-0.39, 0.29) is 30.4 Å². The fourth-order valence-electron chi connectivity index (χ4n) is 3.79. The van der Waals surface area contributed by atoms with Gasteiger partial charge in [-0.15, -0.1) is 0 Å². The van der Waals surface area contributed by atoms with Crippen molar-refractivity contribution in [2.24, 2.45) is 0 Å². The number of nitrogens with two attached hydrogens (primary N) is 1. The van der Waals surface area contributed by atoms with Crippen LogP contribution in [0.4, 0.5) is 5.69 Å². The third kappa shape index (κ3) is 4.72. The Balaban J connectivity index is 1.57. The normalized spacial score (nSPS) is 11.5. The van der Waals surface area contributed by atoms with Gasteiger partial charge in [-0.05, 0) is 30.3 Å². The molecule has 0 fully saturated rings. The van der Waals surface area contributed by atoms with Crippen LogP contribution < -0.4 is 16.6 Å². The van der Waals surface area contributed by atoms with Gasteiger partial charge >= 0.3 is 0 Å². The lowest BCUT2D eigenvalue weighted by Crippen LogP contribution is -2.37. The Bertz CT molecular complexity index is 1340. The van der Waals surface area contributed by atoms with Gasteiger partial charge in [0.15, 0.2) is 5.69 Å². The number of aromatic nitrogens is 3. The first-order valence-corrected chi connectivity index (χ1v) is 10.6. The zero-order valence-corrected chi connectivity index (χ0v) is 18.0. The molecule has 0 aliphatic carbocycles. The predicted octanol–water partition coefficient (Wildman–Crippen LogP) is 0.670. The molecule has 172 valence electrons. The highest BCUT2D eigenvalue weighted by Crippen LogP contribution is 2.31. The summed E-state index contributed by atoms with van der Waals surface area (Å²) < 4.78 is 0. The second-order valence-electron chi connectivity index (χ2n) is 7.65. The van der Waals surface area contributed by atoms with Crippen LogP contribution in [0.1, 0.15) is 10.4 Å². The number of hydrogen-bond donors (Lipinski definition) is 6. The van der Waals surface area contributed by atoms with E-state index >= 15 is 0 Å². The molecule has 0 unspecified atom stereocenters. The van der Waals surface area contributed by atoms with Crippen molar-refractivity contribution in [1.29, 1.82) is 0 Å². The molecule has 0 aliphatic heterocycles. The molecule has 0 atom stereocenters. The van der Waals surface area contributed by atoms with Crippen LogP contribution in [0.3, 0.4) is 0 Å². The van der Waals surface area contributed by atoms with E-state index in [0.29, 0.717) is 65.1 Å². The number of carbonyl (C=O) groups is 1. The molecule has 10 heteroatoms. The lowest BCUT2D eigenvalue weighted by Gasteiger charge is -2.20. The number of aromatic amines is 2. The highest BCUT2D eigenvalue weighted by atomic mass is 16.3. The second-order valence-corrected chi connectivity index (χ2v) is 7.65. The van der Waals surface area contributed by atoms with E-state index in [2.05, 4.69) is 20.3 Å². The average Bonchev–Trinajstić information content (AvgIpc) is 3.14. The van der Waals surface area contributed by atoms with Crippen molar-refractivity contribution < 1.29 is 15.0 Å². The summed E-state index contributed by atoms with van der Waals surface area (Å²) in [6.07, 6.45) is 0. The van der Waals surface area contributed by atoms with Gasteiger partial charge in [-0.3, -0.25) is 14.5 Å². The fourth-order valence-corrected chi connectivity index (χ4v) is 3.79. The number of fused-ring (bicyclic) bond motifs is 2. The number of carbonyl (C=O) groups excluding carboxylic acids is 1. The second kappa shape index (κ2) is 9.82. The Labute approximate surface area is 189 Å². The first kappa shape index (κ1) is 22.5. The number of nitrogens with zero attached hydrogens (tertiary/aromatic N) is 2. The Kier molecular flexibility index (Phi) is 6.68. The van der Waals surface area contributed by atoms with E-state index in [1.54, 1.807) is 30.3 Å². The summed E-state index contributed by atoms with van der Waals surface area (Å²) in [7, 11) is 0. The van der Waals surface area contributed by atoms with Gasteiger partial charge in [0.1, 0.15) is 0 Å². The van der Waals surface area contributed by atoms with Crippen molar-refractivity contribution in [2.45, 2.75) is 0 Å². The number of aliphatic hydroxyl groups is 2. The SMILES string of the molecule is Nc1c(-c2nc3ccccc3[nH]c2=O)[nH]c2ccc(C(=O)NCCN(CCO)CCO)cc12. The van der Waals surface area contributed by atoms with Crippen molar-refractivity contribution in [3.63, 3.8) is 0 Å². The van der Waals surface area contributed by atoms with Crippen LogP contribution in [0.25, 0.3) is 33.3 Å². The first-order valence-electron chi connectivity index (χ1n) is 10.6. The Hall–Kier alpha value is -3.73. The zero-order valence-electron chi connectivity index (χ0n) is 18.0. The summed E-state index contributed by atoms with van der Waals surface area (Å²) in [6, 6.07) is 12.3. The summed E-state index contributed by atoms with van der Waals surface area (Å²) >= 11 is 0. The molecule has 0 radical (unpaired) electrons. The molecule has 0 saturated carbocycles. The van der Waals surface area contributed by atoms with Crippen LogP contribution in [0, 0.1) is 0 Å². The molecule has 0 bridgehead atoms. The Morgan fingerprint density at radius 1 is 1.03 bits per heavy atom. The first-order chi connectivity index (χ1) is 16.0. The van der Waals surface area contributed by atoms with Gasteiger partial charge in [0.25, 0.3) is 11.5 Å². The lowest BCUT2D eigenvalue weighted by atomic mass is 10.1. The number of benzene rings is 2. The molecule has 2 aromatic heterocycles. The number of H-pyrrole nitrogens is 2. The number of anilines is 1. The topological polar surface area (TPSA) is 160 Å². The lowest BCUT2D eigenvalue weighted by molar-refractivity contribution is 0.0944. The molecular weight excluding hydrogens is 424 g/mol. The van der Waals surface area contributed by atoms with Crippen molar-refractivity contribution >= 4 is 33.5 Å². The zero-order chi connectivity index (χ0) is 23.4. The van der Waals surface area contributed by atoms with E-state index in [9.17, 15) is 9.59 Å². The quantitative estimate of drug-likeness (QED) is 0.218. The molecule has 0 spiro atoms. The van der Waals surface area contributed by atoms with E-state index in [1.807, 2.05) is 17.0 Å². The molecule has 7 N–H and O–H groups in total. The van der Waals surface area contributed by atoms with E-state index in [0.717, 1.165) is 0 Å². The molecule has 2 heterocycles. The average molecular weight is 450 g/mol. The minimum atomic E-state index is -0.361. The third-order valence-electron chi connectivity index (χ3n) is 5.48. The summed E-state index contributed by atoms with van der Waals surface area (Å²) in [6.45, 7) is 1.67. The summed E-state index contributed by atoms with van der Waals surface area (Å²) in [5.74, 6) is -0.270. The highest BCUT2D eigenvalue weighted by Gasteiger charge is 2.17. The number of nitrogen functional groups attached to an aromatic ring is 1. The van der Waals surface area contributed by atoms with E-state index in [4.69, 9.17) is 15.9 Å². The highest BCUT2D eigenvalue weighted by molar-refractivity contribution is 6.04. The molecule has 0 saturated heterocycles. The van der Waals surface area contributed by atoms with Crippen molar-refractivity contribution in [3.05, 3.63) is 58.4 Å². The van der Waals surface area contributed by atoms with Gasteiger partial charge in [0.2, 0.25) is 0 Å². The number of rotatable bonds is 9. The maximum absolute atomic E-state index is 12.6. The van der Waals surface area contributed by atoms with Gasteiger partial charge in [-0.2, -0.15) is 0 Å². The number of para-hydroxylation sites is 2. The molecule has 4 rings (SSSR count). The monoisotopic (exact) mass is 450 g/mol. The van der Waals surface area contributed by atoms with Crippen molar-refractivity contribution in [1.82, 2.24) is 25.2 Å². The van der Waals surface area contributed by atoms with Crippen molar-refractivity contribution in [3.8, 4) is 11.4 Å². The minimum Gasteiger partial charge on any atom is -0.396 e. The van der Waals surface area contributed by atoms with Gasteiger partial charge in [-0.25, -0.2) is 4.98 Å². The van der Waals surface area contributed by atoms with Crippen LogP contribution in [0.15, 0.2) is 47.3 Å². The van der Waals surface area contributed by atoms with E-state index in [1.165, 1.54) is 0 Å². The predicted molar refractivity (Wildman–Crippen MR) is 127 cm³/mol. The van der Waals surface area contributed by atoms with Crippen LogP contribution in [-0.2, 0) is 0 Å². The Morgan fingerprint density at radius 2 is 1.79 bits per heavy atom. The largest absolute Gasteiger partial charge is 0.396 e. The number of hydrogen-bond acceptors (Lipinski definition) is 7. The molecule has 0 aliphatic rings. The minimum absolute atomic E-state index is 0.0192. The number of amides is 1. The van der Waals surface area contributed by atoms with Gasteiger partial charge in [0, 0.05) is 42.6 Å². The molecule has 33 heavy (non-hydrogen) atoms. The third-order valence-corrected chi connectivity index (χ3v) is 5.48. The number of nitrogens with one attached hydrogen (secondary N) is 3. The van der Waals surface area contributed by atoms with Crippen LogP contribution in [0.5, 0.6) is 0 Å². The Morgan fingerprint density at radius 3 is 2.55 bits per heavy atom. The summed E-state index contributed by atoms with van der Waals surface area (Å²) in [5.41, 5.74) is 9.30. The summed E-state index contributed by atoms with van der Waals surface area (Å²) in [4.78, 5) is 37.5. The molecular formula is C23H26N6O4. The maximum atomic E-state index is 12.6. The van der Waals surface area contributed by atoms with Gasteiger partial charge in [-0.1, -0.05) is 12.1 Å².